The van der Waals surface area contributed by atoms with E-state index in [0.717, 1.165) is 29.2 Å². The Hall–Kier alpha value is -2.99. The van der Waals surface area contributed by atoms with Crippen molar-refractivity contribution in [1.82, 2.24) is 10.2 Å². The molecule has 0 bridgehead atoms. The van der Waals surface area contributed by atoms with E-state index in [-0.39, 0.29) is 5.82 Å². The van der Waals surface area contributed by atoms with Gasteiger partial charge >= 0.3 is 0 Å². The molecule has 4 nitrogen and oxygen atoms in total. The molecule has 0 atom stereocenters. The van der Waals surface area contributed by atoms with Crippen molar-refractivity contribution in [2.45, 2.75) is 19.8 Å². The molecule has 1 aromatic heterocycles. The Morgan fingerprint density at radius 2 is 1.93 bits per heavy atom. The van der Waals surface area contributed by atoms with Crippen LogP contribution in [0, 0.1) is 5.82 Å². The zero-order valence-corrected chi connectivity index (χ0v) is 17.3. The van der Waals surface area contributed by atoms with Gasteiger partial charge in [-0.15, -0.1) is 10.2 Å². The minimum atomic E-state index is -0.293. The van der Waals surface area contributed by atoms with Crippen LogP contribution in [0.2, 0.25) is 0 Å². The van der Waals surface area contributed by atoms with E-state index < -0.39 is 0 Å². The van der Waals surface area contributed by atoms with Crippen molar-refractivity contribution in [3.8, 4) is 16.3 Å². The number of halogens is 1. The first-order chi connectivity index (χ1) is 14.1. The van der Waals surface area contributed by atoms with Gasteiger partial charge in [0.15, 0.2) is 0 Å². The van der Waals surface area contributed by atoms with Gasteiger partial charge in [0.25, 0.3) is 0 Å². The third kappa shape index (κ3) is 5.09. The highest BCUT2D eigenvalue weighted by molar-refractivity contribution is 7.18. The molecule has 0 aliphatic heterocycles. The number of aromatic nitrogens is 2. The quantitative estimate of drug-likeness (QED) is 0.374. The molecular formula is C23H24FN3OS. The molecule has 0 spiro atoms. The van der Waals surface area contributed by atoms with E-state index in [0.29, 0.717) is 29.5 Å². The van der Waals surface area contributed by atoms with Crippen LogP contribution in [0.4, 0.5) is 9.52 Å². The molecule has 6 heteroatoms. The topological polar surface area (TPSA) is 38.3 Å². The summed E-state index contributed by atoms with van der Waals surface area (Å²) in [5.74, 6) is 0.481. The lowest BCUT2D eigenvalue weighted by atomic mass is 10.1. The molecule has 29 heavy (non-hydrogen) atoms. The summed E-state index contributed by atoms with van der Waals surface area (Å²) >= 11 is 1.46. The highest BCUT2D eigenvalue weighted by Crippen LogP contribution is 2.34. The van der Waals surface area contributed by atoms with Crippen LogP contribution in [0.1, 0.15) is 25.3 Å². The van der Waals surface area contributed by atoms with E-state index in [9.17, 15) is 4.39 Å². The van der Waals surface area contributed by atoms with Crippen molar-refractivity contribution in [2.75, 3.05) is 18.1 Å². The molecule has 150 valence electrons. The van der Waals surface area contributed by atoms with Crippen LogP contribution < -0.4 is 9.64 Å². The van der Waals surface area contributed by atoms with Crippen LogP contribution in [0.3, 0.4) is 0 Å². The Morgan fingerprint density at radius 3 is 2.62 bits per heavy atom. The maximum Gasteiger partial charge on any atom is 0.213 e. The number of ether oxygens (including phenoxy) is 1. The number of hydrogen-bond acceptors (Lipinski definition) is 5. The molecule has 0 unspecified atom stereocenters. The smallest absolute Gasteiger partial charge is 0.213 e. The van der Waals surface area contributed by atoms with Crippen molar-refractivity contribution in [1.29, 1.82) is 0 Å². The molecular weight excluding hydrogens is 385 g/mol. The van der Waals surface area contributed by atoms with Crippen LogP contribution in [-0.2, 0) is 0 Å². The summed E-state index contributed by atoms with van der Waals surface area (Å²) < 4.78 is 19.8. The fourth-order valence-corrected chi connectivity index (χ4v) is 3.69. The lowest BCUT2D eigenvalue weighted by Crippen LogP contribution is -2.22. The standard InChI is InChI=1S/C23H24FN3OS/c1-4-6-15-27(17(3)20-9-7-8-10-21(20)24)23-26-25-22(29-23)18-11-13-19(14-12-18)28-16-5-2/h5,7-14H,2-4,6,15-16H2,1H3. The summed E-state index contributed by atoms with van der Waals surface area (Å²) in [4.78, 5) is 1.95. The van der Waals surface area contributed by atoms with Gasteiger partial charge in [0, 0.05) is 23.4 Å². The van der Waals surface area contributed by atoms with E-state index in [2.05, 4.69) is 30.3 Å². The second-order valence-corrected chi connectivity index (χ2v) is 7.40. The molecule has 0 saturated heterocycles. The van der Waals surface area contributed by atoms with Crippen LogP contribution >= 0.6 is 11.3 Å². The van der Waals surface area contributed by atoms with Gasteiger partial charge in [-0.05, 0) is 42.8 Å². The monoisotopic (exact) mass is 409 g/mol. The maximum atomic E-state index is 14.3. The normalized spacial score (nSPS) is 10.6. The number of hydrogen-bond donors (Lipinski definition) is 0. The Bertz CT molecular complexity index is 968. The number of anilines is 1. The molecule has 1 heterocycles. The van der Waals surface area contributed by atoms with Crippen molar-refractivity contribution in [3.05, 3.63) is 79.1 Å². The fraction of sp³-hybridized carbons (Fsp3) is 0.217. The van der Waals surface area contributed by atoms with Crippen molar-refractivity contribution in [2.24, 2.45) is 0 Å². The largest absolute Gasteiger partial charge is 0.490 e. The van der Waals surface area contributed by atoms with E-state index in [1.165, 1.54) is 17.4 Å². The Labute approximate surface area is 175 Å². The molecule has 3 aromatic rings. The van der Waals surface area contributed by atoms with Crippen LogP contribution in [0.15, 0.2) is 67.8 Å². The average Bonchev–Trinajstić information content (AvgIpc) is 3.23. The van der Waals surface area contributed by atoms with Gasteiger partial charge in [-0.3, -0.25) is 0 Å². The molecule has 0 fully saturated rings. The molecule has 2 aromatic carbocycles. The third-order valence-corrected chi connectivity index (χ3v) is 5.36. The summed E-state index contributed by atoms with van der Waals surface area (Å²) in [6.07, 6.45) is 3.66. The number of nitrogens with zero attached hydrogens (tertiary/aromatic N) is 3. The van der Waals surface area contributed by atoms with Crippen LogP contribution in [0.5, 0.6) is 5.75 Å². The summed E-state index contributed by atoms with van der Waals surface area (Å²) in [7, 11) is 0. The summed E-state index contributed by atoms with van der Waals surface area (Å²) in [6, 6.07) is 14.4. The second kappa shape index (κ2) is 9.98. The third-order valence-electron chi connectivity index (χ3n) is 4.36. The molecule has 0 saturated carbocycles. The molecule has 0 aliphatic carbocycles. The molecule has 3 rings (SSSR count). The second-order valence-electron chi connectivity index (χ2n) is 6.45. The first kappa shape index (κ1) is 20.7. The first-order valence-corrected chi connectivity index (χ1v) is 10.3. The van der Waals surface area contributed by atoms with Gasteiger partial charge in [0.2, 0.25) is 5.13 Å². The summed E-state index contributed by atoms with van der Waals surface area (Å²) in [5, 5.41) is 10.2. The van der Waals surface area contributed by atoms with Crippen molar-refractivity contribution >= 4 is 22.2 Å². The summed E-state index contributed by atoms with van der Waals surface area (Å²) in [6.45, 7) is 11.1. The summed E-state index contributed by atoms with van der Waals surface area (Å²) in [5.41, 5.74) is 2.02. The number of benzene rings is 2. The van der Waals surface area contributed by atoms with E-state index in [1.807, 2.05) is 35.2 Å². The highest BCUT2D eigenvalue weighted by Gasteiger charge is 2.19. The van der Waals surface area contributed by atoms with Crippen LogP contribution in [0.25, 0.3) is 16.3 Å². The Kier molecular flexibility index (Phi) is 7.14. The van der Waals surface area contributed by atoms with Crippen LogP contribution in [-0.4, -0.2) is 23.3 Å². The fourth-order valence-electron chi connectivity index (χ4n) is 2.79. The minimum absolute atomic E-state index is 0.293. The minimum Gasteiger partial charge on any atom is -0.490 e. The van der Waals surface area contributed by atoms with Crippen molar-refractivity contribution in [3.63, 3.8) is 0 Å². The van der Waals surface area contributed by atoms with E-state index >= 15 is 0 Å². The van der Waals surface area contributed by atoms with Gasteiger partial charge in [-0.25, -0.2) is 4.39 Å². The average molecular weight is 410 g/mol. The first-order valence-electron chi connectivity index (χ1n) is 9.53. The molecule has 0 N–H and O–H groups in total. The van der Waals surface area contributed by atoms with E-state index in [1.54, 1.807) is 18.2 Å². The number of unbranched alkanes of at least 4 members (excludes halogenated alkanes) is 1. The highest BCUT2D eigenvalue weighted by atomic mass is 32.1. The molecule has 0 aliphatic rings. The zero-order valence-electron chi connectivity index (χ0n) is 16.5. The molecule has 0 amide bonds. The lowest BCUT2D eigenvalue weighted by molar-refractivity contribution is 0.363. The maximum absolute atomic E-state index is 14.3. The van der Waals surface area contributed by atoms with Gasteiger partial charge in [0.1, 0.15) is 23.2 Å². The van der Waals surface area contributed by atoms with Gasteiger partial charge in [-0.1, -0.05) is 56.0 Å². The van der Waals surface area contributed by atoms with Gasteiger partial charge < -0.3 is 9.64 Å². The van der Waals surface area contributed by atoms with Gasteiger partial charge in [-0.2, -0.15) is 0 Å². The van der Waals surface area contributed by atoms with E-state index in [4.69, 9.17) is 4.74 Å². The predicted octanol–water partition coefficient (Wildman–Crippen LogP) is 6.19. The number of rotatable bonds is 10. The SMILES string of the molecule is C=CCOc1ccc(-c2nnc(N(CCCC)C(=C)c3ccccc3F)s2)cc1. The van der Waals surface area contributed by atoms with Crippen molar-refractivity contribution < 1.29 is 9.13 Å². The van der Waals surface area contributed by atoms with Gasteiger partial charge in [0.05, 0.1) is 0 Å². The lowest BCUT2D eigenvalue weighted by Gasteiger charge is -2.24. The predicted molar refractivity (Wildman–Crippen MR) is 119 cm³/mol. The Balaban J connectivity index is 1.85. The Morgan fingerprint density at radius 1 is 1.17 bits per heavy atom. The zero-order chi connectivity index (χ0) is 20.6. The molecule has 0 radical (unpaired) electrons.